The molecule has 9 aromatic carbocycles. The highest BCUT2D eigenvalue weighted by atomic mass is 28.3. The van der Waals surface area contributed by atoms with Gasteiger partial charge in [-0.15, -0.1) is 0 Å². The van der Waals surface area contributed by atoms with E-state index in [-0.39, 0.29) is 0 Å². The first-order valence-electron chi connectivity index (χ1n) is 19.3. The minimum atomic E-state index is -2.12. The molecule has 0 bridgehead atoms. The van der Waals surface area contributed by atoms with Crippen LogP contribution in [0.5, 0.6) is 0 Å². The summed E-state index contributed by atoms with van der Waals surface area (Å²) < 4.78 is 0. The maximum absolute atomic E-state index is 2.62. The quantitative estimate of drug-likeness (QED) is 0.159. The Hall–Kier alpha value is -5.81. The van der Waals surface area contributed by atoms with Crippen LogP contribution in [0.2, 0.25) is 26.2 Å². The zero-order valence-electron chi connectivity index (χ0n) is 31.2. The van der Waals surface area contributed by atoms with E-state index in [1.165, 1.54) is 88.0 Å². The Morgan fingerprint density at radius 2 is 0.741 bits per heavy atom. The van der Waals surface area contributed by atoms with Crippen LogP contribution in [0.4, 0.5) is 0 Å². The monoisotopic (exact) mass is 720 g/mol. The first-order valence-corrected chi connectivity index (χ1v) is 25.3. The Balaban J connectivity index is 1.05. The molecule has 0 N–H and O–H groups in total. The van der Waals surface area contributed by atoms with Gasteiger partial charge < -0.3 is 0 Å². The molecule has 0 saturated heterocycles. The van der Waals surface area contributed by atoms with Crippen LogP contribution in [0.3, 0.4) is 0 Å². The molecule has 2 aliphatic heterocycles. The highest BCUT2D eigenvalue weighted by Gasteiger charge is 2.49. The third kappa shape index (κ3) is 4.41. The molecule has 256 valence electrons. The van der Waals surface area contributed by atoms with E-state index >= 15 is 0 Å². The fourth-order valence-electron chi connectivity index (χ4n) is 10.1. The van der Waals surface area contributed by atoms with Gasteiger partial charge in [0.15, 0.2) is 0 Å². The van der Waals surface area contributed by atoms with Gasteiger partial charge in [0, 0.05) is 0 Å². The summed E-state index contributed by atoms with van der Waals surface area (Å²) in [7, 11) is -4.22. The van der Waals surface area contributed by atoms with Gasteiger partial charge in [-0.2, -0.15) is 0 Å². The highest BCUT2D eigenvalue weighted by molar-refractivity contribution is 7.13. The van der Waals surface area contributed by atoms with Gasteiger partial charge in [-0.05, 0) is 115 Å². The summed E-state index contributed by atoms with van der Waals surface area (Å²) >= 11 is 0. The largest absolute Gasteiger partial charge is 0.113 e. The second-order valence-electron chi connectivity index (χ2n) is 16.5. The lowest BCUT2D eigenvalue weighted by atomic mass is 9.90. The van der Waals surface area contributed by atoms with E-state index in [2.05, 4.69) is 196 Å². The van der Waals surface area contributed by atoms with Gasteiger partial charge in [0.1, 0.15) is 16.1 Å². The minimum absolute atomic E-state index is 1.26. The first kappa shape index (κ1) is 31.7. The molecule has 0 atom stereocenters. The lowest BCUT2D eigenvalue weighted by Crippen LogP contribution is -2.63. The molecule has 2 aliphatic rings. The van der Waals surface area contributed by atoms with E-state index in [1.807, 2.05) is 0 Å². The van der Waals surface area contributed by atoms with Gasteiger partial charge in [0.2, 0.25) is 0 Å². The molecule has 0 unspecified atom stereocenters. The molecule has 0 nitrogen and oxygen atoms in total. The van der Waals surface area contributed by atoms with E-state index in [4.69, 9.17) is 0 Å². The fraction of sp³-hybridized carbons (Fsp3) is 0.0769. The maximum Gasteiger partial charge on any atom is 0.113 e. The molecule has 0 amide bonds. The van der Waals surface area contributed by atoms with Crippen LogP contribution in [0, 0.1) is 0 Å². The lowest BCUT2D eigenvalue weighted by molar-refractivity contribution is 1.61. The lowest BCUT2D eigenvalue weighted by Gasteiger charge is -2.29. The van der Waals surface area contributed by atoms with Crippen molar-refractivity contribution in [1.82, 2.24) is 0 Å². The number of fused-ring (bicyclic) bond motifs is 12. The van der Waals surface area contributed by atoms with Crippen molar-refractivity contribution in [3.63, 3.8) is 0 Å². The standard InChI is InChI=1S/C52H40Si2/c1-53(2)47-31-39(34-20-23-36(24-21-34)42-19-11-15-35-13-7-8-16-41(35)42)26-28-45(47)49-43-17-9-10-18-44(43)50-46-29-27-40(32-48(46)54(3,4)52(50)51(49)53)38-25-22-33-12-5-6-14-37(33)30-38/h5-32H,1-4H3. The van der Waals surface area contributed by atoms with Crippen molar-refractivity contribution >= 4 is 69.2 Å². The molecule has 11 rings (SSSR count). The van der Waals surface area contributed by atoms with Crippen molar-refractivity contribution in [3.05, 3.63) is 170 Å². The van der Waals surface area contributed by atoms with Gasteiger partial charge in [-0.1, -0.05) is 190 Å². The van der Waals surface area contributed by atoms with Gasteiger partial charge >= 0.3 is 0 Å². The van der Waals surface area contributed by atoms with Gasteiger partial charge in [-0.25, -0.2) is 0 Å². The average molecular weight is 721 g/mol. The third-order valence-electron chi connectivity index (χ3n) is 12.8. The second-order valence-corrected chi connectivity index (χ2v) is 25.1. The molecule has 54 heavy (non-hydrogen) atoms. The maximum atomic E-state index is 2.62. The average Bonchev–Trinajstić information content (AvgIpc) is 3.59. The van der Waals surface area contributed by atoms with E-state index < -0.39 is 16.1 Å². The summed E-state index contributed by atoms with van der Waals surface area (Å²) in [5.74, 6) is 0. The Labute approximate surface area is 319 Å². The van der Waals surface area contributed by atoms with Crippen molar-refractivity contribution in [2.45, 2.75) is 26.2 Å². The Kier molecular flexibility index (Phi) is 6.66. The fourth-order valence-corrected chi connectivity index (χ4v) is 18.6. The second kappa shape index (κ2) is 11.4. The van der Waals surface area contributed by atoms with Gasteiger partial charge in [-0.3, -0.25) is 0 Å². The summed E-state index contributed by atoms with van der Waals surface area (Å²) in [5.41, 5.74) is 13.7. The summed E-state index contributed by atoms with van der Waals surface area (Å²) in [4.78, 5) is 0. The summed E-state index contributed by atoms with van der Waals surface area (Å²) in [6, 6.07) is 64.2. The molecule has 2 heteroatoms. The van der Waals surface area contributed by atoms with Crippen molar-refractivity contribution in [2.75, 3.05) is 0 Å². The van der Waals surface area contributed by atoms with Crippen LogP contribution in [0.15, 0.2) is 170 Å². The Morgan fingerprint density at radius 1 is 0.296 bits per heavy atom. The molecule has 0 saturated carbocycles. The molecular weight excluding hydrogens is 681 g/mol. The molecule has 0 fully saturated rings. The third-order valence-corrected chi connectivity index (χ3v) is 20.1. The molecular formula is C52H40Si2. The zero-order valence-corrected chi connectivity index (χ0v) is 33.2. The molecule has 0 radical (unpaired) electrons. The molecule has 0 spiro atoms. The minimum Gasteiger partial charge on any atom is -0.0616 e. The molecule has 9 aromatic rings. The van der Waals surface area contributed by atoms with Gasteiger partial charge in [0.05, 0.1) is 0 Å². The SMILES string of the molecule is C[Si]1(C)c2cc(-c3ccc(-c4cccc5ccccc45)cc3)ccc2-c2c1c1c(c3ccccc23)-c2ccc(-c3ccc4ccccc4c3)cc2[Si]1(C)C. The summed E-state index contributed by atoms with van der Waals surface area (Å²) in [6.45, 7) is 10.5. The zero-order chi connectivity index (χ0) is 36.3. The van der Waals surface area contributed by atoms with Crippen LogP contribution in [0.25, 0.3) is 88.0 Å². The highest BCUT2D eigenvalue weighted by Crippen LogP contribution is 2.43. The number of hydrogen-bond acceptors (Lipinski definition) is 0. The van der Waals surface area contributed by atoms with Crippen LogP contribution in [-0.4, -0.2) is 16.1 Å². The number of benzene rings is 9. The normalized spacial score (nSPS) is 14.6. The predicted octanol–water partition coefficient (Wildman–Crippen LogP) is 11.8. The number of hydrogen-bond donors (Lipinski definition) is 0. The first-order chi connectivity index (χ1) is 26.3. The topological polar surface area (TPSA) is 0 Å². The van der Waals surface area contributed by atoms with Gasteiger partial charge in [0.25, 0.3) is 0 Å². The molecule has 0 aliphatic carbocycles. The molecule has 0 aromatic heterocycles. The van der Waals surface area contributed by atoms with E-state index in [0.717, 1.165) is 0 Å². The van der Waals surface area contributed by atoms with Crippen molar-refractivity contribution in [1.29, 1.82) is 0 Å². The van der Waals surface area contributed by atoms with Crippen molar-refractivity contribution < 1.29 is 0 Å². The van der Waals surface area contributed by atoms with E-state index in [9.17, 15) is 0 Å². The number of rotatable bonds is 3. The summed E-state index contributed by atoms with van der Waals surface area (Å²) in [5, 5.41) is 14.5. The van der Waals surface area contributed by atoms with Crippen LogP contribution in [0.1, 0.15) is 0 Å². The Morgan fingerprint density at radius 3 is 1.37 bits per heavy atom. The summed E-state index contributed by atoms with van der Waals surface area (Å²) in [6.07, 6.45) is 0. The van der Waals surface area contributed by atoms with Crippen LogP contribution >= 0.6 is 0 Å². The van der Waals surface area contributed by atoms with Crippen LogP contribution < -0.4 is 20.7 Å². The smallest absolute Gasteiger partial charge is 0.0616 e. The van der Waals surface area contributed by atoms with E-state index in [0.29, 0.717) is 0 Å². The van der Waals surface area contributed by atoms with Crippen molar-refractivity contribution in [2.24, 2.45) is 0 Å². The molecule has 2 heterocycles. The van der Waals surface area contributed by atoms with E-state index in [1.54, 1.807) is 20.7 Å². The van der Waals surface area contributed by atoms with Crippen LogP contribution in [-0.2, 0) is 0 Å². The van der Waals surface area contributed by atoms with Crippen molar-refractivity contribution in [3.8, 4) is 55.6 Å². The Bertz CT molecular complexity index is 3030. The predicted molar refractivity (Wildman–Crippen MR) is 240 cm³/mol.